The molecule has 0 saturated heterocycles. The van der Waals surface area contributed by atoms with Crippen LogP contribution >= 0.6 is 0 Å². The number of carbonyl (C=O) groups is 1. The van der Waals surface area contributed by atoms with E-state index in [1.165, 1.54) is 0 Å². The van der Waals surface area contributed by atoms with Crippen LogP contribution in [0, 0.1) is 6.92 Å². The van der Waals surface area contributed by atoms with Crippen molar-refractivity contribution < 1.29 is 9.32 Å². The number of aryl methyl sites for hydroxylation is 1. The maximum Gasteiger partial charge on any atom is 0.292 e. The van der Waals surface area contributed by atoms with Crippen LogP contribution in [0.1, 0.15) is 22.1 Å². The SMILES string of the molecule is Cc1cc(C(=O)N2CCc3nc4ccccc4c(=O)n3CC2)on1. The minimum absolute atomic E-state index is 0.0552. The molecule has 1 amide bonds. The number of hydrogen-bond acceptors (Lipinski definition) is 5. The van der Waals surface area contributed by atoms with Crippen LogP contribution in [0.25, 0.3) is 10.9 Å². The van der Waals surface area contributed by atoms with Crippen molar-refractivity contribution >= 4 is 16.8 Å². The second-order valence-corrected chi connectivity index (χ2v) is 5.88. The van der Waals surface area contributed by atoms with E-state index in [1.807, 2.05) is 18.2 Å². The summed E-state index contributed by atoms with van der Waals surface area (Å²) in [5.74, 6) is 0.729. The summed E-state index contributed by atoms with van der Waals surface area (Å²) in [5.41, 5.74) is 1.31. The Labute approximate surface area is 137 Å². The van der Waals surface area contributed by atoms with Crippen molar-refractivity contribution in [2.75, 3.05) is 13.1 Å². The molecule has 0 radical (unpaired) electrons. The Kier molecular flexibility index (Phi) is 3.41. The van der Waals surface area contributed by atoms with E-state index in [-0.39, 0.29) is 17.2 Å². The maximum absolute atomic E-state index is 12.7. The maximum atomic E-state index is 12.7. The second kappa shape index (κ2) is 5.59. The first-order valence-electron chi connectivity index (χ1n) is 7.84. The average molecular weight is 324 g/mol. The van der Waals surface area contributed by atoms with Gasteiger partial charge in [0.15, 0.2) is 0 Å². The lowest BCUT2D eigenvalue weighted by molar-refractivity contribution is 0.0717. The fraction of sp³-hybridized carbons (Fsp3) is 0.294. The van der Waals surface area contributed by atoms with E-state index < -0.39 is 0 Å². The smallest absolute Gasteiger partial charge is 0.292 e. The fourth-order valence-electron chi connectivity index (χ4n) is 3.03. The predicted octanol–water partition coefficient (Wildman–Crippen LogP) is 1.39. The van der Waals surface area contributed by atoms with E-state index in [0.29, 0.717) is 48.5 Å². The Bertz CT molecular complexity index is 989. The molecular weight excluding hydrogens is 308 g/mol. The van der Waals surface area contributed by atoms with Gasteiger partial charge in [-0.3, -0.25) is 14.2 Å². The van der Waals surface area contributed by atoms with E-state index in [1.54, 1.807) is 28.5 Å². The number of carbonyl (C=O) groups excluding carboxylic acids is 1. The summed E-state index contributed by atoms with van der Waals surface area (Å²) in [4.78, 5) is 31.5. The predicted molar refractivity (Wildman–Crippen MR) is 86.9 cm³/mol. The average Bonchev–Trinajstić information content (AvgIpc) is 2.91. The Morgan fingerprint density at radius 2 is 2.04 bits per heavy atom. The molecule has 0 unspecified atom stereocenters. The van der Waals surface area contributed by atoms with Crippen LogP contribution in [0.15, 0.2) is 39.6 Å². The van der Waals surface area contributed by atoms with Gasteiger partial charge < -0.3 is 9.42 Å². The van der Waals surface area contributed by atoms with Gasteiger partial charge >= 0.3 is 0 Å². The molecule has 3 aromatic rings. The van der Waals surface area contributed by atoms with Crippen LogP contribution in [-0.2, 0) is 13.0 Å². The molecule has 2 aromatic heterocycles. The number of rotatable bonds is 1. The highest BCUT2D eigenvalue weighted by Crippen LogP contribution is 2.13. The highest BCUT2D eigenvalue weighted by Gasteiger charge is 2.24. The van der Waals surface area contributed by atoms with E-state index in [4.69, 9.17) is 4.52 Å². The van der Waals surface area contributed by atoms with Gasteiger partial charge in [0.1, 0.15) is 5.82 Å². The van der Waals surface area contributed by atoms with Crippen molar-refractivity contribution in [3.05, 3.63) is 58.0 Å². The van der Waals surface area contributed by atoms with Crippen LogP contribution < -0.4 is 5.56 Å². The topological polar surface area (TPSA) is 81.2 Å². The van der Waals surface area contributed by atoms with Gasteiger partial charge in [0.2, 0.25) is 5.76 Å². The Morgan fingerprint density at radius 3 is 2.83 bits per heavy atom. The quantitative estimate of drug-likeness (QED) is 0.676. The lowest BCUT2D eigenvalue weighted by atomic mass is 10.2. The number of hydrogen-bond donors (Lipinski definition) is 0. The fourth-order valence-corrected chi connectivity index (χ4v) is 3.03. The van der Waals surface area contributed by atoms with Crippen LogP contribution in [0.2, 0.25) is 0 Å². The number of para-hydroxylation sites is 1. The zero-order valence-electron chi connectivity index (χ0n) is 13.2. The lowest BCUT2D eigenvalue weighted by Gasteiger charge is -2.17. The van der Waals surface area contributed by atoms with E-state index >= 15 is 0 Å². The van der Waals surface area contributed by atoms with Gasteiger partial charge in [0, 0.05) is 32.1 Å². The molecule has 0 fully saturated rings. The van der Waals surface area contributed by atoms with Crippen LogP contribution in [-0.4, -0.2) is 38.6 Å². The minimum Gasteiger partial charge on any atom is -0.351 e. The molecule has 0 aliphatic carbocycles. The number of nitrogens with zero attached hydrogens (tertiary/aromatic N) is 4. The molecule has 1 aromatic carbocycles. The van der Waals surface area contributed by atoms with Gasteiger partial charge in [-0.2, -0.15) is 0 Å². The second-order valence-electron chi connectivity index (χ2n) is 5.88. The Morgan fingerprint density at radius 1 is 1.21 bits per heavy atom. The molecule has 122 valence electrons. The summed E-state index contributed by atoms with van der Waals surface area (Å²) in [6, 6.07) is 8.94. The van der Waals surface area contributed by atoms with Crippen molar-refractivity contribution in [1.29, 1.82) is 0 Å². The first-order valence-corrected chi connectivity index (χ1v) is 7.84. The van der Waals surface area contributed by atoms with Crippen molar-refractivity contribution in [2.45, 2.75) is 19.9 Å². The highest BCUT2D eigenvalue weighted by atomic mass is 16.5. The number of benzene rings is 1. The molecular formula is C17H16N4O3. The lowest BCUT2D eigenvalue weighted by Crippen LogP contribution is -2.34. The number of amides is 1. The monoisotopic (exact) mass is 324 g/mol. The summed E-state index contributed by atoms with van der Waals surface area (Å²) in [5, 5.41) is 4.36. The molecule has 3 heterocycles. The van der Waals surface area contributed by atoms with Gasteiger partial charge in [-0.05, 0) is 19.1 Å². The molecule has 0 spiro atoms. The van der Waals surface area contributed by atoms with Crippen LogP contribution in [0.3, 0.4) is 0 Å². The third-order valence-corrected chi connectivity index (χ3v) is 4.27. The molecule has 0 atom stereocenters. The van der Waals surface area contributed by atoms with Crippen molar-refractivity contribution in [3.8, 4) is 0 Å². The van der Waals surface area contributed by atoms with E-state index in [2.05, 4.69) is 10.1 Å². The molecule has 7 heteroatoms. The zero-order chi connectivity index (χ0) is 16.7. The minimum atomic E-state index is -0.207. The van der Waals surface area contributed by atoms with E-state index in [0.717, 1.165) is 0 Å². The first-order chi connectivity index (χ1) is 11.6. The normalized spacial score (nSPS) is 14.5. The van der Waals surface area contributed by atoms with Gasteiger partial charge in [-0.1, -0.05) is 17.3 Å². The van der Waals surface area contributed by atoms with Crippen LogP contribution in [0.4, 0.5) is 0 Å². The molecule has 24 heavy (non-hydrogen) atoms. The van der Waals surface area contributed by atoms with Gasteiger partial charge in [0.25, 0.3) is 11.5 Å². The van der Waals surface area contributed by atoms with Gasteiger partial charge in [-0.15, -0.1) is 0 Å². The molecule has 1 aliphatic heterocycles. The Hall–Kier alpha value is -2.96. The van der Waals surface area contributed by atoms with Gasteiger partial charge in [0.05, 0.1) is 16.6 Å². The number of aromatic nitrogens is 3. The standard InChI is InChI=1S/C17H16N4O3/c1-11-10-14(24-19-11)17(23)20-7-6-15-18-13-5-3-2-4-12(13)16(22)21(15)9-8-20/h2-5,10H,6-9H2,1H3. The summed E-state index contributed by atoms with van der Waals surface area (Å²) >= 11 is 0. The molecule has 0 bridgehead atoms. The first kappa shape index (κ1) is 14.6. The molecule has 1 aliphatic rings. The largest absolute Gasteiger partial charge is 0.351 e. The highest BCUT2D eigenvalue weighted by molar-refractivity contribution is 5.91. The molecule has 0 saturated carbocycles. The third kappa shape index (κ3) is 2.38. The zero-order valence-corrected chi connectivity index (χ0v) is 13.2. The molecule has 0 N–H and O–H groups in total. The van der Waals surface area contributed by atoms with Gasteiger partial charge in [-0.25, -0.2) is 4.98 Å². The van der Waals surface area contributed by atoms with Crippen LogP contribution in [0.5, 0.6) is 0 Å². The summed E-state index contributed by atoms with van der Waals surface area (Å²) in [6.45, 7) is 3.12. The number of fused-ring (bicyclic) bond motifs is 2. The van der Waals surface area contributed by atoms with Crippen molar-refractivity contribution in [3.63, 3.8) is 0 Å². The molecule has 4 rings (SSSR count). The molecule has 7 nitrogen and oxygen atoms in total. The van der Waals surface area contributed by atoms with E-state index in [9.17, 15) is 9.59 Å². The summed E-state index contributed by atoms with van der Waals surface area (Å²) in [7, 11) is 0. The summed E-state index contributed by atoms with van der Waals surface area (Å²) in [6.07, 6.45) is 0.527. The Balaban J connectivity index is 1.67. The third-order valence-electron chi connectivity index (χ3n) is 4.27. The van der Waals surface area contributed by atoms with Crippen molar-refractivity contribution in [1.82, 2.24) is 19.6 Å². The summed E-state index contributed by atoms with van der Waals surface area (Å²) < 4.78 is 6.73. The van der Waals surface area contributed by atoms with Crippen molar-refractivity contribution in [2.24, 2.45) is 0 Å².